The maximum absolute atomic E-state index is 9.47. The Balaban J connectivity index is 1.40. The highest BCUT2D eigenvalue weighted by Gasteiger charge is 2.38. The summed E-state index contributed by atoms with van der Waals surface area (Å²) in [5, 5.41) is 18.5. The van der Waals surface area contributed by atoms with Crippen LogP contribution in [-0.4, -0.2) is 31.7 Å². The van der Waals surface area contributed by atoms with Crippen LogP contribution in [0.1, 0.15) is 41.6 Å². The lowest BCUT2D eigenvalue weighted by Crippen LogP contribution is -2.38. The van der Waals surface area contributed by atoms with Gasteiger partial charge in [0.05, 0.1) is 18.8 Å². The van der Waals surface area contributed by atoms with Gasteiger partial charge in [0.1, 0.15) is 6.33 Å². The van der Waals surface area contributed by atoms with Crippen molar-refractivity contribution in [1.29, 1.82) is 0 Å². The zero-order valence-corrected chi connectivity index (χ0v) is 21.8. The summed E-state index contributed by atoms with van der Waals surface area (Å²) in [6.07, 6.45) is 0.977. The second-order valence-electron chi connectivity index (χ2n) is 9.38. The molecule has 0 spiro atoms. The normalized spacial score (nSPS) is 21.7. The predicted molar refractivity (Wildman–Crippen MR) is 144 cm³/mol. The summed E-state index contributed by atoms with van der Waals surface area (Å²) in [6.45, 7) is 2.70. The molecule has 1 aliphatic rings. The summed E-state index contributed by atoms with van der Waals surface area (Å²) < 4.78 is 15.0. The summed E-state index contributed by atoms with van der Waals surface area (Å²) in [4.78, 5) is 0. The number of nitrogens with zero attached hydrogens (tertiary/aromatic N) is 3. The minimum Gasteiger partial charge on any atom is -0.392 e. The third kappa shape index (κ3) is 5.79. The molecule has 1 fully saturated rings. The van der Waals surface area contributed by atoms with Gasteiger partial charge in [-0.3, -0.25) is 0 Å². The van der Waals surface area contributed by atoms with E-state index in [1.807, 2.05) is 48.0 Å². The summed E-state index contributed by atoms with van der Waals surface area (Å²) in [5.41, 5.74) is 12.1. The molecule has 0 bridgehead atoms. The van der Waals surface area contributed by atoms with Crippen LogP contribution in [0.15, 0.2) is 84.3 Å². The summed E-state index contributed by atoms with van der Waals surface area (Å²) in [7, 11) is 1.94. The molecule has 7 nitrogen and oxygen atoms in total. The number of thioether (sulfide) groups is 1. The fraction of sp³-hybridized carbons (Fsp3) is 0.310. The van der Waals surface area contributed by atoms with Crippen molar-refractivity contribution in [3.8, 4) is 11.1 Å². The highest BCUT2D eigenvalue weighted by Crippen LogP contribution is 2.43. The van der Waals surface area contributed by atoms with Gasteiger partial charge in [0.2, 0.25) is 0 Å². The molecular formula is C29H32N4O3S. The molecule has 192 valence electrons. The molecule has 1 saturated heterocycles. The van der Waals surface area contributed by atoms with E-state index in [-0.39, 0.29) is 24.7 Å². The SMILES string of the molecule is CC1C(CSc2nncn2C)OC(c2ccc(-c3cccc(CN)c3)cc2)OC1c1ccc(CO)cc1. The van der Waals surface area contributed by atoms with E-state index < -0.39 is 6.29 Å². The molecule has 5 rings (SSSR count). The first-order valence-corrected chi connectivity index (χ1v) is 13.4. The maximum atomic E-state index is 9.47. The summed E-state index contributed by atoms with van der Waals surface area (Å²) >= 11 is 1.63. The van der Waals surface area contributed by atoms with E-state index in [4.69, 9.17) is 15.2 Å². The monoisotopic (exact) mass is 516 g/mol. The van der Waals surface area contributed by atoms with Gasteiger partial charge in [0.25, 0.3) is 0 Å². The van der Waals surface area contributed by atoms with Crippen LogP contribution in [0.3, 0.4) is 0 Å². The van der Waals surface area contributed by atoms with Gasteiger partial charge < -0.3 is 24.9 Å². The van der Waals surface area contributed by atoms with E-state index in [2.05, 4.69) is 53.5 Å². The van der Waals surface area contributed by atoms with Gasteiger partial charge in [-0.2, -0.15) is 0 Å². The van der Waals surface area contributed by atoms with Crippen LogP contribution in [0.5, 0.6) is 0 Å². The predicted octanol–water partition coefficient (Wildman–Crippen LogP) is 5.02. The maximum Gasteiger partial charge on any atom is 0.190 e. The van der Waals surface area contributed by atoms with Crippen LogP contribution in [-0.2, 0) is 29.7 Å². The second-order valence-corrected chi connectivity index (χ2v) is 10.4. The number of benzene rings is 3. The first-order chi connectivity index (χ1) is 18.1. The molecule has 3 N–H and O–H groups in total. The minimum absolute atomic E-state index is 0.0184. The smallest absolute Gasteiger partial charge is 0.190 e. The minimum atomic E-state index is -0.506. The third-order valence-corrected chi connectivity index (χ3v) is 7.97. The lowest BCUT2D eigenvalue weighted by molar-refractivity contribution is -0.268. The number of hydrogen-bond donors (Lipinski definition) is 2. The largest absolute Gasteiger partial charge is 0.392 e. The number of aliphatic hydroxyl groups excluding tert-OH is 1. The zero-order valence-electron chi connectivity index (χ0n) is 21.0. The summed E-state index contributed by atoms with van der Waals surface area (Å²) in [5.74, 6) is 0.832. The van der Waals surface area contributed by atoms with Crippen LogP contribution in [0, 0.1) is 5.92 Å². The highest BCUT2D eigenvalue weighted by atomic mass is 32.2. The molecule has 8 heteroatoms. The van der Waals surface area contributed by atoms with E-state index in [1.54, 1.807) is 18.1 Å². The topological polar surface area (TPSA) is 95.4 Å². The summed E-state index contributed by atoms with van der Waals surface area (Å²) in [6, 6.07) is 24.6. The number of nitrogens with two attached hydrogens (primary N) is 1. The third-order valence-electron chi connectivity index (χ3n) is 6.85. The Morgan fingerprint density at radius 3 is 2.38 bits per heavy atom. The molecule has 0 aliphatic carbocycles. The van der Waals surface area contributed by atoms with Crippen molar-refractivity contribution in [2.75, 3.05) is 5.75 Å². The Hall–Kier alpha value is -3.01. The Labute approximate surface area is 221 Å². The van der Waals surface area contributed by atoms with Crippen molar-refractivity contribution < 1.29 is 14.6 Å². The van der Waals surface area contributed by atoms with Crippen molar-refractivity contribution in [3.05, 3.63) is 101 Å². The first kappa shape index (κ1) is 25.6. The Kier molecular flexibility index (Phi) is 8.02. The van der Waals surface area contributed by atoms with Gasteiger partial charge in [-0.15, -0.1) is 10.2 Å². The molecule has 0 radical (unpaired) electrons. The number of aromatic nitrogens is 3. The first-order valence-electron chi connectivity index (χ1n) is 12.4. The Bertz CT molecular complexity index is 1310. The van der Waals surface area contributed by atoms with E-state index in [0.717, 1.165) is 44.3 Å². The number of ether oxygens (including phenoxy) is 2. The quantitative estimate of drug-likeness (QED) is 0.318. The zero-order chi connectivity index (χ0) is 25.8. The number of aryl methyl sites for hydroxylation is 1. The average Bonchev–Trinajstić information content (AvgIpc) is 3.37. The average molecular weight is 517 g/mol. The second kappa shape index (κ2) is 11.6. The van der Waals surface area contributed by atoms with Gasteiger partial charge in [0.15, 0.2) is 11.4 Å². The van der Waals surface area contributed by atoms with E-state index in [0.29, 0.717) is 6.54 Å². The number of hydrogen-bond acceptors (Lipinski definition) is 7. The van der Waals surface area contributed by atoms with Crippen molar-refractivity contribution in [2.24, 2.45) is 18.7 Å². The van der Waals surface area contributed by atoms with E-state index in [9.17, 15) is 5.11 Å². The Morgan fingerprint density at radius 1 is 0.946 bits per heavy atom. The lowest BCUT2D eigenvalue weighted by Gasteiger charge is -2.41. The van der Waals surface area contributed by atoms with Crippen LogP contribution in [0.4, 0.5) is 0 Å². The fourth-order valence-electron chi connectivity index (χ4n) is 4.58. The van der Waals surface area contributed by atoms with Crippen LogP contribution >= 0.6 is 11.8 Å². The van der Waals surface area contributed by atoms with Gasteiger partial charge in [-0.25, -0.2) is 0 Å². The molecule has 0 saturated carbocycles. The molecule has 1 aliphatic heterocycles. The van der Waals surface area contributed by atoms with Gasteiger partial charge in [-0.1, -0.05) is 85.4 Å². The van der Waals surface area contributed by atoms with Gasteiger partial charge in [-0.05, 0) is 33.9 Å². The molecule has 4 atom stereocenters. The highest BCUT2D eigenvalue weighted by molar-refractivity contribution is 7.99. The van der Waals surface area contributed by atoms with Crippen LogP contribution in [0.2, 0.25) is 0 Å². The molecular weight excluding hydrogens is 484 g/mol. The lowest BCUT2D eigenvalue weighted by atomic mass is 9.91. The van der Waals surface area contributed by atoms with Gasteiger partial charge in [0, 0.05) is 30.8 Å². The number of rotatable bonds is 8. The standard InChI is InChI=1S/C29H32N4O3S/c1-19-26(17-37-29-32-31-18-33(29)2)35-28(36-27(19)23-8-6-20(16-34)7-9-23)24-12-10-22(11-13-24)25-5-3-4-21(14-25)15-30/h3-14,18-19,26-28,34H,15-17,30H2,1-2H3. The Morgan fingerprint density at radius 2 is 1.70 bits per heavy atom. The molecule has 3 aromatic carbocycles. The van der Waals surface area contributed by atoms with E-state index in [1.165, 1.54) is 0 Å². The van der Waals surface area contributed by atoms with Crippen molar-refractivity contribution in [3.63, 3.8) is 0 Å². The van der Waals surface area contributed by atoms with Crippen molar-refractivity contribution in [1.82, 2.24) is 14.8 Å². The number of aliphatic hydroxyl groups is 1. The molecule has 0 amide bonds. The van der Waals surface area contributed by atoms with Crippen molar-refractivity contribution >= 4 is 11.8 Å². The van der Waals surface area contributed by atoms with E-state index >= 15 is 0 Å². The van der Waals surface area contributed by atoms with Crippen LogP contribution in [0.25, 0.3) is 11.1 Å². The molecule has 37 heavy (non-hydrogen) atoms. The molecule has 1 aromatic heterocycles. The van der Waals surface area contributed by atoms with Crippen molar-refractivity contribution in [2.45, 2.75) is 43.7 Å². The fourth-order valence-corrected chi connectivity index (χ4v) is 5.63. The van der Waals surface area contributed by atoms with Gasteiger partial charge >= 0.3 is 0 Å². The molecule has 4 aromatic rings. The molecule has 2 heterocycles. The van der Waals surface area contributed by atoms with Crippen LogP contribution < -0.4 is 5.73 Å². The molecule has 4 unspecified atom stereocenters.